The Morgan fingerprint density at radius 3 is 2.19 bits per heavy atom. The number of amides is 2. The molecule has 9 heteroatoms. The van der Waals surface area contributed by atoms with Crippen LogP contribution in [0.4, 0.5) is 20.6 Å². The second-order valence-electron chi connectivity index (χ2n) is 9.42. The van der Waals surface area contributed by atoms with Crippen LogP contribution < -0.4 is 10.6 Å². The highest BCUT2D eigenvalue weighted by molar-refractivity contribution is 7.93. The van der Waals surface area contributed by atoms with Gasteiger partial charge in [0.15, 0.2) is 0 Å². The van der Waals surface area contributed by atoms with Crippen molar-refractivity contribution >= 4 is 33.1 Å². The molecule has 7 nitrogen and oxygen atoms in total. The number of carbonyl (C=O) groups excluding carboxylic acids is 2. The minimum atomic E-state index is -2.40. The van der Waals surface area contributed by atoms with Crippen LogP contribution in [0.1, 0.15) is 37.6 Å². The molecule has 3 aromatic carbocycles. The summed E-state index contributed by atoms with van der Waals surface area (Å²) in [5.41, 5.74) is 1.80. The molecular weight excluding hydrogens is 481 g/mol. The number of halogens is 1. The van der Waals surface area contributed by atoms with Crippen LogP contribution >= 0.6 is 0 Å². The number of benzene rings is 3. The summed E-state index contributed by atoms with van der Waals surface area (Å²) in [4.78, 5) is 26.1. The number of ether oxygens (including phenoxy) is 1. The first-order valence-electron chi connectivity index (χ1n) is 11.5. The average Bonchev–Trinajstić information content (AvgIpc) is 3.27. The van der Waals surface area contributed by atoms with Crippen LogP contribution in [0.5, 0.6) is 0 Å². The zero-order valence-electron chi connectivity index (χ0n) is 20.3. The van der Waals surface area contributed by atoms with Crippen molar-refractivity contribution < 1.29 is 22.9 Å². The highest BCUT2D eigenvalue weighted by Crippen LogP contribution is 2.30. The first-order valence-corrected chi connectivity index (χ1v) is 13.2. The SMILES string of the molecule is CC(C)(C)OC(=O)Nc1ccc(-c2ccc(F)cc2)cc1NC(=O)c1ccc(S2(=O)=NCCC2)cc1. The zero-order valence-corrected chi connectivity index (χ0v) is 21.2. The van der Waals surface area contributed by atoms with Gasteiger partial charge in [0.25, 0.3) is 5.91 Å². The second-order valence-corrected chi connectivity index (χ2v) is 11.8. The Morgan fingerprint density at radius 1 is 0.917 bits per heavy atom. The third kappa shape index (κ3) is 6.09. The third-order valence-corrected chi connectivity index (χ3v) is 7.90. The Hall–Kier alpha value is -3.72. The molecule has 36 heavy (non-hydrogen) atoms. The van der Waals surface area contributed by atoms with Crippen LogP contribution in [0.15, 0.2) is 76.0 Å². The number of anilines is 2. The maximum Gasteiger partial charge on any atom is 0.412 e. The number of rotatable bonds is 5. The van der Waals surface area contributed by atoms with Crippen LogP contribution in [0.2, 0.25) is 0 Å². The number of carbonyl (C=O) groups is 2. The van der Waals surface area contributed by atoms with E-state index in [2.05, 4.69) is 15.0 Å². The van der Waals surface area contributed by atoms with Gasteiger partial charge in [-0.15, -0.1) is 0 Å². The van der Waals surface area contributed by atoms with Gasteiger partial charge in [-0.3, -0.25) is 10.1 Å². The summed E-state index contributed by atoms with van der Waals surface area (Å²) in [6.45, 7) is 5.84. The fraction of sp³-hybridized carbons (Fsp3) is 0.259. The van der Waals surface area contributed by atoms with Crippen LogP contribution in [-0.4, -0.2) is 34.1 Å². The molecule has 0 radical (unpaired) electrons. The molecule has 1 aliphatic rings. The molecule has 0 saturated carbocycles. The van der Waals surface area contributed by atoms with E-state index in [1.165, 1.54) is 12.1 Å². The van der Waals surface area contributed by atoms with Gasteiger partial charge in [0.05, 0.1) is 21.1 Å². The van der Waals surface area contributed by atoms with Gasteiger partial charge < -0.3 is 10.1 Å². The lowest BCUT2D eigenvalue weighted by Crippen LogP contribution is -2.27. The van der Waals surface area contributed by atoms with Crippen LogP contribution in [0, 0.1) is 5.82 Å². The molecule has 2 N–H and O–H groups in total. The first kappa shape index (κ1) is 25.4. The van der Waals surface area contributed by atoms with Crippen molar-refractivity contribution in [1.29, 1.82) is 0 Å². The van der Waals surface area contributed by atoms with Crippen LogP contribution in [0.3, 0.4) is 0 Å². The summed E-state index contributed by atoms with van der Waals surface area (Å²) in [5.74, 6) is -0.247. The normalized spacial score (nSPS) is 17.2. The van der Waals surface area contributed by atoms with Crippen molar-refractivity contribution in [3.8, 4) is 11.1 Å². The molecule has 1 unspecified atom stereocenters. The van der Waals surface area contributed by atoms with Crippen molar-refractivity contribution in [2.45, 2.75) is 37.7 Å². The summed E-state index contributed by atoms with van der Waals surface area (Å²) in [5, 5.41) is 5.51. The fourth-order valence-corrected chi connectivity index (χ4v) is 5.75. The predicted octanol–water partition coefficient (Wildman–Crippen LogP) is 6.32. The molecule has 2 amide bonds. The van der Waals surface area contributed by atoms with Crippen molar-refractivity contribution in [3.63, 3.8) is 0 Å². The quantitative estimate of drug-likeness (QED) is 0.420. The number of nitrogens with zero attached hydrogens (tertiary/aromatic N) is 1. The van der Waals surface area contributed by atoms with Gasteiger partial charge >= 0.3 is 6.09 Å². The standard InChI is InChI=1S/C27H28FN3O4S/c1-27(2,3)35-26(33)31-23-14-9-20(18-5-10-21(28)11-6-18)17-24(23)30-25(32)19-7-12-22(13-8-19)36(34)16-4-15-29-36/h5-14,17H,4,15-16H2,1-3H3,(H,30,32)(H,31,33). The van der Waals surface area contributed by atoms with Crippen molar-refractivity contribution in [2.75, 3.05) is 22.9 Å². The molecule has 188 valence electrons. The Labute approximate surface area is 210 Å². The van der Waals surface area contributed by atoms with E-state index >= 15 is 0 Å². The topological polar surface area (TPSA) is 96.9 Å². The predicted molar refractivity (Wildman–Crippen MR) is 139 cm³/mol. The molecule has 1 atom stereocenters. The van der Waals surface area contributed by atoms with E-state index in [0.717, 1.165) is 17.5 Å². The van der Waals surface area contributed by atoms with Gasteiger partial charge in [-0.25, -0.2) is 17.8 Å². The van der Waals surface area contributed by atoms with Gasteiger partial charge in [0.2, 0.25) is 0 Å². The second kappa shape index (κ2) is 10.1. The number of hydrogen-bond donors (Lipinski definition) is 2. The summed E-state index contributed by atoms with van der Waals surface area (Å²) in [6.07, 6.45) is 0.125. The molecule has 1 aliphatic heterocycles. The average molecular weight is 510 g/mol. The number of nitrogens with one attached hydrogen (secondary N) is 2. The molecule has 0 fully saturated rings. The van der Waals surface area contributed by atoms with Gasteiger partial charge in [0.1, 0.15) is 11.4 Å². The van der Waals surface area contributed by atoms with Gasteiger partial charge in [-0.1, -0.05) is 18.2 Å². The highest BCUT2D eigenvalue weighted by Gasteiger charge is 2.20. The molecule has 0 saturated heterocycles. The lowest BCUT2D eigenvalue weighted by atomic mass is 10.0. The van der Waals surface area contributed by atoms with E-state index < -0.39 is 27.3 Å². The van der Waals surface area contributed by atoms with E-state index in [4.69, 9.17) is 4.74 Å². The summed E-state index contributed by atoms with van der Waals surface area (Å²) in [6, 6.07) is 17.6. The van der Waals surface area contributed by atoms with E-state index in [9.17, 15) is 18.2 Å². The van der Waals surface area contributed by atoms with Gasteiger partial charge in [-0.05, 0) is 86.8 Å². The summed E-state index contributed by atoms with van der Waals surface area (Å²) in [7, 11) is -2.40. The monoisotopic (exact) mass is 509 g/mol. The highest BCUT2D eigenvalue weighted by atomic mass is 32.2. The molecular formula is C27H28FN3O4S. The summed E-state index contributed by atoms with van der Waals surface area (Å²) < 4.78 is 35.8. The molecule has 0 aliphatic carbocycles. The first-order chi connectivity index (χ1) is 17.0. The Balaban J connectivity index is 1.62. The Kier molecular flexibility index (Phi) is 7.12. The van der Waals surface area contributed by atoms with E-state index in [1.807, 2.05) is 0 Å². The van der Waals surface area contributed by atoms with Crippen molar-refractivity contribution in [2.24, 2.45) is 4.36 Å². The maximum atomic E-state index is 13.4. The van der Waals surface area contributed by atoms with E-state index in [0.29, 0.717) is 34.1 Å². The minimum Gasteiger partial charge on any atom is -0.444 e. The maximum absolute atomic E-state index is 13.4. The molecule has 3 aromatic rings. The van der Waals surface area contributed by atoms with Gasteiger partial charge in [-0.2, -0.15) is 0 Å². The van der Waals surface area contributed by atoms with Crippen LogP contribution in [0.25, 0.3) is 11.1 Å². The fourth-order valence-electron chi connectivity index (χ4n) is 3.73. The molecule has 0 spiro atoms. The van der Waals surface area contributed by atoms with E-state index in [1.54, 1.807) is 75.4 Å². The zero-order chi connectivity index (χ0) is 25.9. The molecule has 1 heterocycles. The Bertz CT molecular complexity index is 1400. The number of hydrogen-bond acceptors (Lipinski definition) is 5. The van der Waals surface area contributed by atoms with Crippen LogP contribution in [-0.2, 0) is 14.5 Å². The minimum absolute atomic E-state index is 0.341. The lowest BCUT2D eigenvalue weighted by Gasteiger charge is -2.21. The lowest BCUT2D eigenvalue weighted by molar-refractivity contribution is 0.0635. The molecule has 4 rings (SSSR count). The largest absolute Gasteiger partial charge is 0.444 e. The van der Waals surface area contributed by atoms with Crippen molar-refractivity contribution in [3.05, 3.63) is 78.1 Å². The third-order valence-electron chi connectivity index (χ3n) is 5.44. The van der Waals surface area contributed by atoms with Crippen molar-refractivity contribution in [1.82, 2.24) is 0 Å². The molecule has 0 aromatic heterocycles. The Morgan fingerprint density at radius 2 is 1.58 bits per heavy atom. The summed E-state index contributed by atoms with van der Waals surface area (Å²) >= 11 is 0. The smallest absolute Gasteiger partial charge is 0.412 e. The van der Waals surface area contributed by atoms with E-state index in [-0.39, 0.29) is 5.82 Å². The van der Waals surface area contributed by atoms with Gasteiger partial charge in [0, 0.05) is 22.8 Å². The molecule has 0 bridgehead atoms.